The summed E-state index contributed by atoms with van der Waals surface area (Å²) in [6, 6.07) is 8.56. The molecule has 1 aromatic carbocycles. The number of nitrogens with one attached hydrogen (secondary N) is 2. The van der Waals surface area contributed by atoms with Gasteiger partial charge in [-0.05, 0) is 65.6 Å². The maximum absolute atomic E-state index is 5.41. The van der Waals surface area contributed by atoms with Crippen molar-refractivity contribution in [2.75, 3.05) is 32.5 Å². The lowest BCUT2D eigenvalue weighted by atomic mass is 10.1. The van der Waals surface area contributed by atoms with Gasteiger partial charge in [0.05, 0.1) is 23.6 Å². The van der Waals surface area contributed by atoms with E-state index in [0.717, 1.165) is 43.1 Å². The van der Waals surface area contributed by atoms with Crippen LogP contribution in [0.15, 0.2) is 24.3 Å². The Labute approximate surface area is 156 Å². The lowest BCUT2D eigenvalue weighted by molar-refractivity contribution is 0.400. The molecule has 0 saturated heterocycles. The van der Waals surface area contributed by atoms with Crippen molar-refractivity contribution in [2.45, 2.75) is 33.7 Å². The fourth-order valence-corrected chi connectivity index (χ4v) is 2.86. The maximum Gasteiger partial charge on any atom is 0.170 e. The molecule has 0 aliphatic heterocycles. The minimum absolute atomic E-state index is 0.653. The molecule has 0 bridgehead atoms. The van der Waals surface area contributed by atoms with Gasteiger partial charge in [0.25, 0.3) is 0 Å². The molecule has 0 spiro atoms. The van der Waals surface area contributed by atoms with Crippen LogP contribution >= 0.6 is 12.2 Å². The van der Waals surface area contributed by atoms with E-state index < -0.39 is 0 Å². The van der Waals surface area contributed by atoms with Gasteiger partial charge in [-0.2, -0.15) is 5.10 Å². The van der Waals surface area contributed by atoms with Crippen LogP contribution < -0.4 is 10.6 Å². The summed E-state index contributed by atoms with van der Waals surface area (Å²) in [5, 5.41) is 11.9. The monoisotopic (exact) mass is 359 g/mol. The highest BCUT2D eigenvalue weighted by molar-refractivity contribution is 7.80. The Balaban J connectivity index is 1.96. The van der Waals surface area contributed by atoms with E-state index in [1.54, 1.807) is 0 Å². The van der Waals surface area contributed by atoms with Crippen LogP contribution in [0.1, 0.15) is 28.9 Å². The van der Waals surface area contributed by atoms with Crippen LogP contribution in [0.5, 0.6) is 0 Å². The van der Waals surface area contributed by atoms with Gasteiger partial charge in [-0.1, -0.05) is 29.8 Å². The van der Waals surface area contributed by atoms with Crippen LogP contribution in [0.2, 0.25) is 0 Å². The summed E-state index contributed by atoms with van der Waals surface area (Å²) < 4.78 is 2.02. The molecule has 0 amide bonds. The molecule has 5 nitrogen and oxygen atoms in total. The molecule has 0 fully saturated rings. The zero-order chi connectivity index (χ0) is 18.4. The van der Waals surface area contributed by atoms with Gasteiger partial charge in [0.2, 0.25) is 0 Å². The standard InChI is InChI=1S/C19H29N5S/c1-14-7-9-17(10-8-14)13-24-16(3)18(15(2)22-24)21-19(25)20-11-6-12-23(4)5/h7-10H,6,11-13H2,1-5H3,(H2,20,21,25). The Bertz CT molecular complexity index is 703. The van der Waals surface area contributed by atoms with Crippen LogP contribution in [0.25, 0.3) is 0 Å². The maximum atomic E-state index is 5.41. The molecule has 2 N–H and O–H groups in total. The van der Waals surface area contributed by atoms with Crippen molar-refractivity contribution in [3.05, 3.63) is 46.8 Å². The van der Waals surface area contributed by atoms with E-state index >= 15 is 0 Å². The van der Waals surface area contributed by atoms with E-state index in [4.69, 9.17) is 12.2 Å². The largest absolute Gasteiger partial charge is 0.362 e. The van der Waals surface area contributed by atoms with Gasteiger partial charge in [0, 0.05) is 6.54 Å². The lowest BCUT2D eigenvalue weighted by Crippen LogP contribution is -2.31. The summed E-state index contributed by atoms with van der Waals surface area (Å²) in [5.41, 5.74) is 5.56. The third-order valence-electron chi connectivity index (χ3n) is 4.14. The zero-order valence-corrected chi connectivity index (χ0v) is 16.7. The van der Waals surface area contributed by atoms with E-state index in [-0.39, 0.29) is 0 Å². The second-order valence-electron chi connectivity index (χ2n) is 6.73. The number of benzene rings is 1. The van der Waals surface area contributed by atoms with Crippen LogP contribution in [0.3, 0.4) is 0 Å². The Morgan fingerprint density at radius 2 is 1.84 bits per heavy atom. The lowest BCUT2D eigenvalue weighted by Gasteiger charge is -2.13. The minimum atomic E-state index is 0.653. The predicted molar refractivity (Wildman–Crippen MR) is 109 cm³/mol. The molecule has 0 aliphatic rings. The summed E-state index contributed by atoms with van der Waals surface area (Å²) in [7, 11) is 4.15. The third kappa shape index (κ3) is 5.83. The fraction of sp³-hybridized carbons (Fsp3) is 0.474. The molecule has 2 rings (SSSR count). The molecule has 1 heterocycles. The number of thiocarbonyl (C=S) groups is 1. The second kappa shape index (κ2) is 8.97. The number of hydrogen-bond donors (Lipinski definition) is 2. The van der Waals surface area contributed by atoms with Crippen molar-refractivity contribution in [2.24, 2.45) is 0 Å². The van der Waals surface area contributed by atoms with Crippen molar-refractivity contribution in [1.82, 2.24) is 20.0 Å². The van der Waals surface area contributed by atoms with Gasteiger partial charge in [-0.25, -0.2) is 0 Å². The van der Waals surface area contributed by atoms with Crippen molar-refractivity contribution in [3.8, 4) is 0 Å². The summed E-state index contributed by atoms with van der Waals surface area (Å²) in [5.74, 6) is 0. The Kier molecular flexibility index (Phi) is 6.96. The van der Waals surface area contributed by atoms with E-state index in [1.807, 2.05) is 11.6 Å². The van der Waals surface area contributed by atoms with Gasteiger partial charge >= 0.3 is 0 Å². The van der Waals surface area contributed by atoms with E-state index in [0.29, 0.717) is 5.11 Å². The second-order valence-corrected chi connectivity index (χ2v) is 7.14. The van der Waals surface area contributed by atoms with Crippen molar-refractivity contribution < 1.29 is 0 Å². The third-order valence-corrected chi connectivity index (χ3v) is 4.39. The molecule has 0 saturated carbocycles. The highest BCUT2D eigenvalue weighted by Gasteiger charge is 2.13. The molecular weight excluding hydrogens is 330 g/mol. The zero-order valence-electron chi connectivity index (χ0n) is 15.9. The predicted octanol–water partition coefficient (Wildman–Crippen LogP) is 3.09. The van der Waals surface area contributed by atoms with Crippen molar-refractivity contribution in [1.29, 1.82) is 0 Å². The SMILES string of the molecule is Cc1ccc(Cn2nc(C)c(NC(=S)NCCCN(C)C)c2C)cc1. The average Bonchev–Trinajstić information content (AvgIpc) is 2.81. The highest BCUT2D eigenvalue weighted by atomic mass is 32.1. The molecule has 0 unspecified atom stereocenters. The number of hydrogen-bond acceptors (Lipinski definition) is 3. The number of aromatic nitrogens is 2. The summed E-state index contributed by atoms with van der Waals surface area (Å²) in [6.07, 6.45) is 1.06. The topological polar surface area (TPSA) is 45.1 Å². The van der Waals surface area contributed by atoms with Gasteiger partial charge in [0.1, 0.15) is 0 Å². The first-order chi connectivity index (χ1) is 11.9. The minimum Gasteiger partial charge on any atom is -0.362 e. The Hall–Kier alpha value is -1.92. The first kappa shape index (κ1) is 19.4. The molecule has 2 aromatic rings. The van der Waals surface area contributed by atoms with Gasteiger partial charge in [-0.3, -0.25) is 4.68 Å². The first-order valence-corrected chi connectivity index (χ1v) is 9.06. The highest BCUT2D eigenvalue weighted by Crippen LogP contribution is 2.20. The normalized spacial score (nSPS) is 11.0. The molecular formula is C19H29N5S. The van der Waals surface area contributed by atoms with Crippen LogP contribution in [0.4, 0.5) is 5.69 Å². The van der Waals surface area contributed by atoms with Gasteiger partial charge in [0.15, 0.2) is 5.11 Å². The quantitative estimate of drug-likeness (QED) is 0.587. The van der Waals surface area contributed by atoms with E-state index in [2.05, 4.69) is 72.8 Å². The first-order valence-electron chi connectivity index (χ1n) is 8.66. The molecule has 136 valence electrons. The van der Waals surface area contributed by atoms with Crippen LogP contribution in [-0.4, -0.2) is 47.0 Å². The Morgan fingerprint density at radius 1 is 1.16 bits per heavy atom. The smallest absolute Gasteiger partial charge is 0.170 e. The average molecular weight is 360 g/mol. The summed E-state index contributed by atoms with van der Waals surface area (Å²) in [4.78, 5) is 2.17. The number of nitrogens with zero attached hydrogens (tertiary/aromatic N) is 3. The summed E-state index contributed by atoms with van der Waals surface area (Å²) >= 11 is 5.41. The number of anilines is 1. The molecule has 0 radical (unpaired) electrons. The van der Waals surface area contributed by atoms with Gasteiger partial charge in [-0.15, -0.1) is 0 Å². The summed E-state index contributed by atoms with van der Waals surface area (Å²) in [6.45, 7) is 8.85. The molecule has 25 heavy (non-hydrogen) atoms. The molecule has 1 aromatic heterocycles. The Morgan fingerprint density at radius 3 is 2.48 bits per heavy atom. The molecule has 6 heteroatoms. The number of aryl methyl sites for hydroxylation is 2. The van der Waals surface area contributed by atoms with Gasteiger partial charge < -0.3 is 15.5 Å². The van der Waals surface area contributed by atoms with Crippen LogP contribution in [0, 0.1) is 20.8 Å². The van der Waals surface area contributed by atoms with E-state index in [9.17, 15) is 0 Å². The number of rotatable bonds is 7. The fourth-order valence-electron chi connectivity index (χ4n) is 2.65. The van der Waals surface area contributed by atoms with E-state index in [1.165, 1.54) is 11.1 Å². The molecule has 0 aliphatic carbocycles. The van der Waals surface area contributed by atoms with Crippen LogP contribution in [-0.2, 0) is 6.54 Å². The van der Waals surface area contributed by atoms with Crippen molar-refractivity contribution >= 4 is 23.0 Å². The van der Waals surface area contributed by atoms with Crippen molar-refractivity contribution in [3.63, 3.8) is 0 Å². The molecule has 0 atom stereocenters.